The summed E-state index contributed by atoms with van der Waals surface area (Å²) >= 11 is 0. The Morgan fingerprint density at radius 3 is 2.60 bits per heavy atom. The lowest BCUT2D eigenvalue weighted by atomic mass is 10.0. The second-order valence-electron chi connectivity index (χ2n) is 5.37. The van der Waals surface area contributed by atoms with Crippen LogP contribution in [-0.2, 0) is 0 Å². The largest absolute Gasteiger partial charge is 0.545 e. The molecule has 5 nitrogen and oxygen atoms in total. The Labute approximate surface area is 145 Å². The van der Waals surface area contributed by atoms with Crippen LogP contribution in [0.15, 0.2) is 65.8 Å². The van der Waals surface area contributed by atoms with E-state index in [1.165, 1.54) is 12.1 Å². The fourth-order valence-corrected chi connectivity index (χ4v) is 2.54. The lowest BCUT2D eigenvalue weighted by Gasteiger charge is -2.10. The fourth-order valence-electron chi connectivity index (χ4n) is 2.54. The third kappa shape index (κ3) is 3.77. The molecule has 0 saturated carbocycles. The molecule has 126 valence electrons. The summed E-state index contributed by atoms with van der Waals surface area (Å²) in [4.78, 5) is 10.8. The van der Waals surface area contributed by atoms with Crippen LogP contribution < -0.4 is 15.3 Å². The summed E-state index contributed by atoms with van der Waals surface area (Å²) in [6.07, 6.45) is 1.71. The Kier molecular flexibility index (Phi) is 4.95. The van der Waals surface area contributed by atoms with Crippen LogP contribution in [0.2, 0.25) is 0 Å². The van der Waals surface area contributed by atoms with Crippen LogP contribution in [0.1, 0.15) is 22.8 Å². The quantitative estimate of drug-likeness (QED) is 0.556. The molecule has 0 atom stereocenters. The molecule has 0 aliphatic carbocycles. The number of ether oxygens (including phenoxy) is 1. The number of carbonyl (C=O) groups is 1. The molecule has 3 rings (SSSR count). The first-order valence-corrected chi connectivity index (χ1v) is 7.94. The van der Waals surface area contributed by atoms with Crippen LogP contribution in [0.3, 0.4) is 0 Å². The molecule has 3 aromatic carbocycles. The highest BCUT2D eigenvalue weighted by atomic mass is 16.5. The monoisotopic (exact) mass is 333 g/mol. The Balaban J connectivity index is 1.87. The molecule has 0 aromatic heterocycles. The molecule has 25 heavy (non-hydrogen) atoms. The van der Waals surface area contributed by atoms with Gasteiger partial charge in [0.25, 0.3) is 0 Å². The third-order valence-corrected chi connectivity index (χ3v) is 3.74. The number of fused-ring (bicyclic) bond motifs is 1. The van der Waals surface area contributed by atoms with Crippen molar-refractivity contribution < 1.29 is 14.6 Å². The summed E-state index contributed by atoms with van der Waals surface area (Å²) < 4.78 is 5.70. The maximum absolute atomic E-state index is 10.8. The van der Waals surface area contributed by atoms with E-state index in [-0.39, 0.29) is 5.56 Å². The molecule has 0 aliphatic rings. The van der Waals surface area contributed by atoms with Crippen molar-refractivity contribution >= 4 is 28.6 Å². The van der Waals surface area contributed by atoms with Gasteiger partial charge in [0.15, 0.2) is 0 Å². The van der Waals surface area contributed by atoms with Crippen molar-refractivity contribution in [1.82, 2.24) is 0 Å². The van der Waals surface area contributed by atoms with Gasteiger partial charge < -0.3 is 14.6 Å². The van der Waals surface area contributed by atoms with Crippen molar-refractivity contribution in [1.29, 1.82) is 0 Å². The highest BCUT2D eigenvalue weighted by Crippen LogP contribution is 2.26. The minimum Gasteiger partial charge on any atom is -0.545 e. The normalized spacial score (nSPS) is 10.9. The van der Waals surface area contributed by atoms with Gasteiger partial charge >= 0.3 is 0 Å². The van der Waals surface area contributed by atoms with E-state index < -0.39 is 5.97 Å². The van der Waals surface area contributed by atoms with Crippen molar-refractivity contribution in [2.45, 2.75) is 6.92 Å². The molecule has 0 spiro atoms. The number of hydrogen-bond donors (Lipinski definition) is 1. The van der Waals surface area contributed by atoms with Gasteiger partial charge in [0.2, 0.25) is 0 Å². The van der Waals surface area contributed by atoms with Crippen LogP contribution >= 0.6 is 0 Å². The van der Waals surface area contributed by atoms with E-state index in [0.29, 0.717) is 12.3 Å². The van der Waals surface area contributed by atoms with E-state index in [1.807, 2.05) is 43.3 Å². The van der Waals surface area contributed by atoms with E-state index in [1.54, 1.807) is 18.3 Å². The molecule has 0 unspecified atom stereocenters. The van der Waals surface area contributed by atoms with E-state index in [9.17, 15) is 9.90 Å². The van der Waals surface area contributed by atoms with Gasteiger partial charge in [-0.3, -0.25) is 5.43 Å². The number of rotatable bonds is 6. The van der Waals surface area contributed by atoms with Gasteiger partial charge in [-0.05, 0) is 41.5 Å². The van der Waals surface area contributed by atoms with Crippen molar-refractivity contribution in [3.8, 4) is 5.75 Å². The number of nitrogens with one attached hydrogen (secondary N) is 1. The lowest BCUT2D eigenvalue weighted by Crippen LogP contribution is -2.21. The molecule has 0 heterocycles. The highest BCUT2D eigenvalue weighted by Gasteiger charge is 2.06. The number of hydrogen-bond acceptors (Lipinski definition) is 5. The average molecular weight is 333 g/mol. The van der Waals surface area contributed by atoms with Gasteiger partial charge in [0.05, 0.1) is 24.5 Å². The summed E-state index contributed by atoms with van der Waals surface area (Å²) in [5.74, 6) is -0.439. The molecule has 0 saturated heterocycles. The van der Waals surface area contributed by atoms with E-state index in [2.05, 4.69) is 10.5 Å². The Hall–Kier alpha value is -3.34. The topological polar surface area (TPSA) is 73.8 Å². The number of nitrogens with zero attached hydrogens (tertiary/aromatic N) is 1. The first-order valence-electron chi connectivity index (χ1n) is 7.94. The number of carboxylic acids is 1. The Morgan fingerprint density at radius 1 is 1.12 bits per heavy atom. The fraction of sp³-hybridized carbons (Fsp3) is 0.100. The molecule has 0 fully saturated rings. The molecule has 5 heteroatoms. The highest BCUT2D eigenvalue weighted by molar-refractivity contribution is 6.02. The molecule has 0 amide bonds. The Morgan fingerprint density at radius 2 is 1.88 bits per heavy atom. The van der Waals surface area contributed by atoms with Gasteiger partial charge in [-0.2, -0.15) is 5.10 Å². The average Bonchev–Trinajstić information content (AvgIpc) is 2.64. The summed E-state index contributed by atoms with van der Waals surface area (Å²) in [5.41, 5.74) is 4.59. The van der Waals surface area contributed by atoms with Crippen molar-refractivity contribution in [3.63, 3.8) is 0 Å². The molecule has 0 radical (unpaired) electrons. The Bertz CT molecular complexity index is 918. The number of aromatic carboxylic acids is 1. The first kappa shape index (κ1) is 16.5. The minimum atomic E-state index is -1.20. The maximum Gasteiger partial charge on any atom is 0.128 e. The molecule has 0 bridgehead atoms. The number of hydrazone groups is 1. The number of carboxylic acid groups (broad SMARTS) is 1. The minimum absolute atomic E-state index is 0.127. The van der Waals surface area contributed by atoms with Gasteiger partial charge in [-0.25, -0.2) is 0 Å². The van der Waals surface area contributed by atoms with Gasteiger partial charge in [-0.1, -0.05) is 42.5 Å². The molecule has 0 aliphatic heterocycles. The van der Waals surface area contributed by atoms with Crippen LogP contribution in [0.4, 0.5) is 5.69 Å². The van der Waals surface area contributed by atoms with E-state index >= 15 is 0 Å². The van der Waals surface area contributed by atoms with Crippen molar-refractivity contribution in [2.24, 2.45) is 5.10 Å². The molecule has 3 aromatic rings. The van der Waals surface area contributed by atoms with Gasteiger partial charge in [0.1, 0.15) is 5.75 Å². The smallest absolute Gasteiger partial charge is 0.128 e. The van der Waals surface area contributed by atoms with Gasteiger partial charge in [0, 0.05) is 5.56 Å². The predicted octanol–water partition coefficient (Wildman–Crippen LogP) is 3.05. The number of carbonyl (C=O) groups excluding carboxylic acids is 1. The van der Waals surface area contributed by atoms with Gasteiger partial charge in [-0.15, -0.1) is 0 Å². The standard InChI is InChI=1S/C20H18N2O3/c1-2-25-19-12-9-14-5-3-4-6-17(14)18(19)13-21-22-16-10-7-15(8-11-16)20(23)24/h3-13,22H,2H2,1H3,(H,23,24)/p-1/b21-13-. The summed E-state index contributed by atoms with van der Waals surface area (Å²) in [6.45, 7) is 2.50. The molecular weight excluding hydrogens is 316 g/mol. The molecular formula is C20H17N2O3-. The van der Waals surface area contributed by atoms with Crippen molar-refractivity contribution in [2.75, 3.05) is 12.0 Å². The second-order valence-corrected chi connectivity index (χ2v) is 5.37. The number of benzene rings is 3. The molecule has 1 N–H and O–H groups in total. The van der Waals surface area contributed by atoms with Crippen LogP contribution in [0.5, 0.6) is 5.75 Å². The summed E-state index contributed by atoms with van der Waals surface area (Å²) in [5, 5.41) is 17.2. The summed E-state index contributed by atoms with van der Waals surface area (Å²) in [6, 6.07) is 18.2. The van der Waals surface area contributed by atoms with Crippen LogP contribution in [0.25, 0.3) is 10.8 Å². The first-order chi connectivity index (χ1) is 12.2. The summed E-state index contributed by atoms with van der Waals surface area (Å²) in [7, 11) is 0. The van der Waals surface area contributed by atoms with Crippen LogP contribution in [0, 0.1) is 0 Å². The predicted molar refractivity (Wildman–Crippen MR) is 97.1 cm³/mol. The lowest BCUT2D eigenvalue weighted by molar-refractivity contribution is -0.255. The zero-order valence-electron chi connectivity index (χ0n) is 13.7. The van der Waals surface area contributed by atoms with E-state index in [0.717, 1.165) is 22.1 Å². The van der Waals surface area contributed by atoms with Crippen molar-refractivity contribution in [3.05, 3.63) is 71.8 Å². The SMILES string of the molecule is CCOc1ccc2ccccc2c1/C=N\Nc1ccc(C(=O)[O-])cc1. The van der Waals surface area contributed by atoms with Crippen LogP contribution in [-0.4, -0.2) is 18.8 Å². The maximum atomic E-state index is 10.8. The zero-order chi connectivity index (χ0) is 17.6. The third-order valence-electron chi connectivity index (χ3n) is 3.74. The zero-order valence-corrected chi connectivity index (χ0v) is 13.7. The second kappa shape index (κ2) is 7.49. The van der Waals surface area contributed by atoms with E-state index in [4.69, 9.17) is 4.74 Å². The number of anilines is 1.